The van der Waals surface area contributed by atoms with Gasteiger partial charge in [0.1, 0.15) is 0 Å². The van der Waals surface area contributed by atoms with E-state index in [-0.39, 0.29) is 5.75 Å². The van der Waals surface area contributed by atoms with Gasteiger partial charge in [-0.2, -0.15) is 0 Å². The van der Waals surface area contributed by atoms with E-state index >= 15 is 0 Å². The van der Waals surface area contributed by atoms with E-state index in [4.69, 9.17) is 5.11 Å². The highest BCUT2D eigenvalue weighted by atomic mass is 32.2. The second-order valence-corrected chi connectivity index (χ2v) is 6.88. The fourth-order valence-corrected chi connectivity index (χ4v) is 4.84. The molecule has 0 bridgehead atoms. The zero-order valence-corrected chi connectivity index (χ0v) is 9.29. The molecule has 15 heavy (non-hydrogen) atoms. The standard InChI is InChI=1S/C9H15NO4S/c11-8(12)10-5-3-9(4-6-10)2-1-7-15(9,13)14/h1-7H2,(H,11,12). The third-order valence-corrected chi connectivity index (χ3v) is 6.41. The second kappa shape index (κ2) is 3.37. The topological polar surface area (TPSA) is 74.7 Å². The van der Waals surface area contributed by atoms with Crippen LogP contribution in [0.5, 0.6) is 0 Å². The zero-order valence-electron chi connectivity index (χ0n) is 8.48. The summed E-state index contributed by atoms with van der Waals surface area (Å²) in [4.78, 5) is 12.0. The molecule has 0 aromatic rings. The van der Waals surface area contributed by atoms with Crippen LogP contribution < -0.4 is 0 Å². The molecule has 1 N–H and O–H groups in total. The Hall–Kier alpha value is -0.780. The average Bonchev–Trinajstić information content (AvgIpc) is 2.43. The molecule has 0 aromatic carbocycles. The maximum absolute atomic E-state index is 11.8. The fraction of sp³-hybridized carbons (Fsp3) is 0.889. The zero-order chi connectivity index (χ0) is 11.1. The molecular formula is C9H15NO4S. The van der Waals surface area contributed by atoms with Gasteiger partial charge >= 0.3 is 6.09 Å². The number of carboxylic acid groups (broad SMARTS) is 1. The minimum absolute atomic E-state index is 0.278. The minimum atomic E-state index is -2.98. The maximum atomic E-state index is 11.8. The van der Waals surface area contributed by atoms with Gasteiger partial charge in [0.25, 0.3) is 0 Å². The van der Waals surface area contributed by atoms with Crippen LogP contribution in [0.3, 0.4) is 0 Å². The van der Waals surface area contributed by atoms with E-state index < -0.39 is 20.7 Å². The second-order valence-electron chi connectivity index (χ2n) is 4.38. The summed E-state index contributed by atoms with van der Waals surface area (Å²) in [6, 6.07) is 0. The Morgan fingerprint density at radius 3 is 2.20 bits per heavy atom. The van der Waals surface area contributed by atoms with Crippen molar-refractivity contribution in [3.05, 3.63) is 0 Å². The van der Waals surface area contributed by atoms with Crippen LogP contribution in [0, 0.1) is 0 Å². The third-order valence-electron chi connectivity index (χ3n) is 3.65. The van der Waals surface area contributed by atoms with Crippen LogP contribution in [0.15, 0.2) is 0 Å². The van der Waals surface area contributed by atoms with E-state index in [0.717, 1.165) is 6.42 Å². The Balaban J connectivity index is 2.13. The van der Waals surface area contributed by atoms with Gasteiger partial charge < -0.3 is 10.0 Å². The van der Waals surface area contributed by atoms with Gasteiger partial charge in [-0.1, -0.05) is 0 Å². The SMILES string of the molecule is O=C(O)N1CCC2(CCCS2(=O)=O)CC1. The molecule has 2 aliphatic heterocycles. The molecule has 0 radical (unpaired) electrons. The number of carbonyl (C=O) groups is 1. The van der Waals surface area contributed by atoms with Crippen LogP contribution >= 0.6 is 0 Å². The summed E-state index contributed by atoms with van der Waals surface area (Å²) in [5.41, 5.74) is 0. The van der Waals surface area contributed by atoms with Gasteiger partial charge in [-0.15, -0.1) is 0 Å². The number of sulfone groups is 1. The predicted molar refractivity (Wildman–Crippen MR) is 54.6 cm³/mol. The monoisotopic (exact) mass is 233 g/mol. The number of hydrogen-bond donors (Lipinski definition) is 1. The molecule has 2 saturated heterocycles. The van der Waals surface area contributed by atoms with E-state index in [1.165, 1.54) is 4.90 Å². The summed E-state index contributed by atoms with van der Waals surface area (Å²) < 4.78 is 23.1. The molecule has 0 saturated carbocycles. The molecule has 6 heteroatoms. The minimum Gasteiger partial charge on any atom is -0.465 e. The Kier molecular flexibility index (Phi) is 2.41. The molecule has 1 spiro atoms. The molecule has 1 amide bonds. The molecule has 2 heterocycles. The molecule has 0 aromatic heterocycles. The van der Waals surface area contributed by atoms with Crippen molar-refractivity contribution in [1.29, 1.82) is 0 Å². The summed E-state index contributed by atoms with van der Waals surface area (Å²) >= 11 is 0. The summed E-state index contributed by atoms with van der Waals surface area (Å²) in [6.45, 7) is 0.711. The van der Waals surface area contributed by atoms with Crippen LogP contribution in [0.1, 0.15) is 25.7 Å². The van der Waals surface area contributed by atoms with E-state index in [1.807, 2.05) is 0 Å². The number of likely N-dealkylation sites (tertiary alicyclic amines) is 1. The van der Waals surface area contributed by atoms with Gasteiger partial charge in [0.15, 0.2) is 9.84 Å². The summed E-state index contributed by atoms with van der Waals surface area (Å²) in [5.74, 6) is 0.278. The largest absolute Gasteiger partial charge is 0.465 e. The van der Waals surface area contributed by atoms with E-state index in [2.05, 4.69) is 0 Å². The van der Waals surface area contributed by atoms with Crippen LogP contribution in [-0.4, -0.2) is 48.1 Å². The molecule has 2 rings (SSSR count). The van der Waals surface area contributed by atoms with Crippen molar-refractivity contribution >= 4 is 15.9 Å². The Labute approximate surface area is 89.0 Å². The average molecular weight is 233 g/mol. The van der Waals surface area contributed by atoms with Gasteiger partial charge in [0.05, 0.1) is 10.5 Å². The summed E-state index contributed by atoms with van der Waals surface area (Å²) in [6.07, 6.45) is 1.45. The lowest BCUT2D eigenvalue weighted by atomic mass is 9.92. The molecule has 0 aliphatic carbocycles. The molecule has 2 fully saturated rings. The maximum Gasteiger partial charge on any atom is 0.407 e. The first-order chi connectivity index (χ1) is 6.97. The highest BCUT2D eigenvalue weighted by molar-refractivity contribution is 7.93. The lowest BCUT2D eigenvalue weighted by molar-refractivity contribution is 0.127. The molecule has 2 aliphatic rings. The molecule has 5 nitrogen and oxygen atoms in total. The van der Waals surface area contributed by atoms with Crippen LogP contribution in [0.2, 0.25) is 0 Å². The highest BCUT2D eigenvalue weighted by Crippen LogP contribution is 2.40. The van der Waals surface area contributed by atoms with Gasteiger partial charge in [0.2, 0.25) is 0 Å². The predicted octanol–water partition coefficient (Wildman–Crippen LogP) is 0.708. The van der Waals surface area contributed by atoms with Gasteiger partial charge in [-0.25, -0.2) is 13.2 Å². The first-order valence-corrected chi connectivity index (χ1v) is 6.82. The molecule has 86 valence electrons. The van der Waals surface area contributed by atoms with Crippen molar-refractivity contribution < 1.29 is 18.3 Å². The van der Waals surface area contributed by atoms with Crippen LogP contribution in [0.4, 0.5) is 4.79 Å². The van der Waals surface area contributed by atoms with E-state index in [1.54, 1.807) is 0 Å². The number of amides is 1. The summed E-state index contributed by atoms with van der Waals surface area (Å²) in [7, 11) is -2.98. The number of hydrogen-bond acceptors (Lipinski definition) is 3. The van der Waals surface area contributed by atoms with Gasteiger partial charge in [0, 0.05) is 13.1 Å². The van der Waals surface area contributed by atoms with Gasteiger partial charge in [-0.05, 0) is 25.7 Å². The molecular weight excluding hydrogens is 218 g/mol. The van der Waals surface area contributed by atoms with E-state index in [0.29, 0.717) is 32.4 Å². The van der Waals surface area contributed by atoms with Crippen molar-refractivity contribution in [2.45, 2.75) is 30.4 Å². The van der Waals surface area contributed by atoms with E-state index in [9.17, 15) is 13.2 Å². The lowest BCUT2D eigenvalue weighted by Gasteiger charge is -2.36. The van der Waals surface area contributed by atoms with Crippen molar-refractivity contribution in [1.82, 2.24) is 4.90 Å². The van der Waals surface area contributed by atoms with Crippen molar-refractivity contribution in [3.63, 3.8) is 0 Å². The number of nitrogens with zero attached hydrogens (tertiary/aromatic N) is 1. The van der Waals surface area contributed by atoms with Crippen LogP contribution in [0.25, 0.3) is 0 Å². The first kappa shape index (κ1) is 10.7. The Bertz CT molecular complexity index is 368. The van der Waals surface area contributed by atoms with Crippen molar-refractivity contribution in [2.75, 3.05) is 18.8 Å². The van der Waals surface area contributed by atoms with Gasteiger partial charge in [-0.3, -0.25) is 0 Å². The van der Waals surface area contributed by atoms with Crippen molar-refractivity contribution in [3.8, 4) is 0 Å². The quantitative estimate of drug-likeness (QED) is 0.668. The number of piperidine rings is 1. The normalized spacial score (nSPS) is 28.1. The lowest BCUT2D eigenvalue weighted by Crippen LogP contribution is -2.48. The highest BCUT2D eigenvalue weighted by Gasteiger charge is 2.49. The third kappa shape index (κ3) is 1.60. The smallest absolute Gasteiger partial charge is 0.407 e. The van der Waals surface area contributed by atoms with Crippen LogP contribution in [-0.2, 0) is 9.84 Å². The molecule has 0 atom stereocenters. The van der Waals surface area contributed by atoms with Crippen molar-refractivity contribution in [2.24, 2.45) is 0 Å². The fourth-order valence-electron chi connectivity index (χ4n) is 2.62. The Morgan fingerprint density at radius 2 is 1.80 bits per heavy atom. The molecule has 0 unspecified atom stereocenters. The summed E-state index contributed by atoms with van der Waals surface area (Å²) in [5, 5.41) is 8.78. The number of rotatable bonds is 0. The Morgan fingerprint density at radius 1 is 1.20 bits per heavy atom. The first-order valence-electron chi connectivity index (χ1n) is 5.17.